The zero-order chi connectivity index (χ0) is 14.5. The second-order valence-electron chi connectivity index (χ2n) is 5.45. The Hall–Kier alpha value is -0.420. The number of hydrogen-bond acceptors (Lipinski definition) is 4. The van der Waals surface area contributed by atoms with Gasteiger partial charge >= 0.3 is 0 Å². The van der Waals surface area contributed by atoms with Crippen molar-refractivity contribution in [3.8, 4) is 5.75 Å². The van der Waals surface area contributed by atoms with Gasteiger partial charge in [0.25, 0.3) is 0 Å². The van der Waals surface area contributed by atoms with Crippen LogP contribution in [0.5, 0.6) is 5.75 Å². The van der Waals surface area contributed by atoms with Gasteiger partial charge in [-0.25, -0.2) is 0 Å². The number of hydrazine groups is 1. The zero-order valence-electron chi connectivity index (χ0n) is 12.0. The van der Waals surface area contributed by atoms with Crippen molar-refractivity contribution in [1.82, 2.24) is 5.43 Å². The summed E-state index contributed by atoms with van der Waals surface area (Å²) >= 11 is 7.92. The van der Waals surface area contributed by atoms with Gasteiger partial charge in [-0.1, -0.05) is 32.4 Å². The van der Waals surface area contributed by atoms with Crippen molar-refractivity contribution in [2.75, 3.05) is 12.9 Å². The number of hydrogen-bond donors (Lipinski definition) is 2. The van der Waals surface area contributed by atoms with Crippen molar-refractivity contribution in [2.45, 2.75) is 38.0 Å². The molecule has 3 N–H and O–H groups in total. The van der Waals surface area contributed by atoms with E-state index >= 15 is 0 Å². The lowest BCUT2D eigenvalue weighted by atomic mass is 10.1. The topological polar surface area (TPSA) is 47.3 Å². The summed E-state index contributed by atoms with van der Waals surface area (Å²) in [6.45, 7) is 6.60. The number of halogens is 1. The molecule has 1 aromatic rings. The Morgan fingerprint density at radius 3 is 2.63 bits per heavy atom. The number of ether oxygens (including phenoxy) is 1. The fourth-order valence-corrected chi connectivity index (χ4v) is 2.80. The molecule has 1 atom stereocenters. The van der Waals surface area contributed by atoms with Crippen molar-refractivity contribution >= 4 is 23.4 Å². The summed E-state index contributed by atoms with van der Waals surface area (Å²) < 4.78 is 5.59. The van der Waals surface area contributed by atoms with Crippen LogP contribution in [0.3, 0.4) is 0 Å². The Morgan fingerprint density at radius 1 is 1.42 bits per heavy atom. The maximum atomic E-state index is 6.04. The van der Waals surface area contributed by atoms with Crippen LogP contribution in [0.2, 0.25) is 5.02 Å². The van der Waals surface area contributed by atoms with Crippen LogP contribution in [0.15, 0.2) is 18.2 Å². The van der Waals surface area contributed by atoms with Crippen LogP contribution in [-0.4, -0.2) is 23.7 Å². The van der Waals surface area contributed by atoms with E-state index in [1.807, 2.05) is 30.0 Å². The third-order valence-corrected chi connectivity index (χ3v) is 4.33. The number of benzene rings is 1. The van der Waals surface area contributed by atoms with Crippen LogP contribution in [-0.2, 0) is 6.42 Å². The molecule has 0 saturated heterocycles. The third kappa shape index (κ3) is 6.04. The van der Waals surface area contributed by atoms with Gasteiger partial charge in [-0.15, -0.1) is 0 Å². The predicted octanol–water partition coefficient (Wildman–Crippen LogP) is 3.25. The first-order valence-electron chi connectivity index (χ1n) is 6.28. The van der Waals surface area contributed by atoms with E-state index in [0.717, 1.165) is 28.5 Å². The number of nitrogens with two attached hydrogens (primary N) is 1. The van der Waals surface area contributed by atoms with Crippen molar-refractivity contribution in [1.29, 1.82) is 0 Å². The lowest BCUT2D eigenvalue weighted by molar-refractivity contribution is 0.406. The molecule has 5 heteroatoms. The molecule has 1 rings (SSSR count). The minimum Gasteiger partial charge on any atom is -0.496 e. The molecule has 0 aliphatic heterocycles. The quantitative estimate of drug-likeness (QED) is 0.625. The standard InChI is InChI=1S/C14H23ClN2OS/c1-14(2,3)19-9-12(17-16)8-10-7-11(15)5-6-13(10)18-4/h5-7,12,17H,8-9,16H2,1-4H3. The molecule has 19 heavy (non-hydrogen) atoms. The Balaban J connectivity index is 2.72. The van der Waals surface area contributed by atoms with Crippen LogP contribution >= 0.6 is 23.4 Å². The van der Waals surface area contributed by atoms with E-state index in [4.69, 9.17) is 22.2 Å². The van der Waals surface area contributed by atoms with Gasteiger partial charge in [0.15, 0.2) is 0 Å². The predicted molar refractivity (Wildman–Crippen MR) is 85.0 cm³/mol. The number of methoxy groups -OCH3 is 1. The summed E-state index contributed by atoms with van der Waals surface area (Å²) in [4.78, 5) is 0. The molecule has 3 nitrogen and oxygen atoms in total. The summed E-state index contributed by atoms with van der Waals surface area (Å²) in [5, 5.41) is 0.718. The summed E-state index contributed by atoms with van der Waals surface area (Å²) in [6.07, 6.45) is 0.795. The molecule has 0 aliphatic rings. The lowest BCUT2D eigenvalue weighted by Crippen LogP contribution is -2.39. The van der Waals surface area contributed by atoms with Gasteiger partial charge in [0.2, 0.25) is 0 Å². The first kappa shape index (κ1) is 16.6. The highest BCUT2D eigenvalue weighted by molar-refractivity contribution is 8.00. The van der Waals surface area contributed by atoms with Crippen molar-refractivity contribution < 1.29 is 4.74 Å². The van der Waals surface area contributed by atoms with E-state index in [1.165, 1.54) is 0 Å². The molecule has 0 saturated carbocycles. The average Bonchev–Trinajstić information content (AvgIpc) is 2.33. The second-order valence-corrected chi connectivity index (χ2v) is 7.73. The van der Waals surface area contributed by atoms with Crippen molar-refractivity contribution in [3.05, 3.63) is 28.8 Å². The van der Waals surface area contributed by atoms with Gasteiger partial charge in [-0.3, -0.25) is 11.3 Å². The van der Waals surface area contributed by atoms with E-state index in [1.54, 1.807) is 7.11 Å². The van der Waals surface area contributed by atoms with Crippen molar-refractivity contribution in [2.24, 2.45) is 5.84 Å². The maximum absolute atomic E-state index is 6.04. The third-order valence-electron chi connectivity index (χ3n) is 2.66. The summed E-state index contributed by atoms with van der Waals surface area (Å²) in [6, 6.07) is 5.85. The fourth-order valence-electron chi connectivity index (χ4n) is 1.69. The average molecular weight is 303 g/mol. The first-order valence-corrected chi connectivity index (χ1v) is 7.64. The number of thioether (sulfide) groups is 1. The van der Waals surface area contributed by atoms with Crippen LogP contribution in [0.1, 0.15) is 26.3 Å². The van der Waals surface area contributed by atoms with Crippen LogP contribution in [0.25, 0.3) is 0 Å². The van der Waals surface area contributed by atoms with E-state index in [-0.39, 0.29) is 10.8 Å². The van der Waals surface area contributed by atoms with Crippen molar-refractivity contribution in [3.63, 3.8) is 0 Å². The maximum Gasteiger partial charge on any atom is 0.122 e. The second kappa shape index (κ2) is 7.39. The van der Waals surface area contributed by atoms with E-state index in [9.17, 15) is 0 Å². The molecular weight excluding hydrogens is 280 g/mol. The lowest BCUT2D eigenvalue weighted by Gasteiger charge is -2.23. The number of rotatable bonds is 6. The fraction of sp³-hybridized carbons (Fsp3) is 0.571. The largest absolute Gasteiger partial charge is 0.496 e. The Labute approximate surface area is 125 Å². The van der Waals surface area contributed by atoms with Gasteiger partial charge in [-0.2, -0.15) is 11.8 Å². The van der Waals surface area contributed by atoms with Gasteiger partial charge < -0.3 is 4.74 Å². The molecule has 0 fully saturated rings. The monoisotopic (exact) mass is 302 g/mol. The summed E-state index contributed by atoms with van der Waals surface area (Å²) in [7, 11) is 1.67. The highest BCUT2D eigenvalue weighted by Crippen LogP contribution is 2.27. The van der Waals surface area contributed by atoms with Gasteiger partial charge in [0.1, 0.15) is 5.75 Å². The zero-order valence-corrected chi connectivity index (χ0v) is 13.6. The smallest absolute Gasteiger partial charge is 0.122 e. The molecule has 108 valence electrons. The van der Waals surface area contributed by atoms with Gasteiger partial charge in [0, 0.05) is 21.6 Å². The Morgan fingerprint density at radius 2 is 2.11 bits per heavy atom. The van der Waals surface area contributed by atoms with E-state index in [2.05, 4.69) is 26.2 Å². The highest BCUT2D eigenvalue weighted by atomic mass is 35.5. The highest BCUT2D eigenvalue weighted by Gasteiger charge is 2.17. The SMILES string of the molecule is COc1ccc(Cl)cc1CC(CSC(C)(C)C)NN. The summed E-state index contributed by atoms with van der Waals surface area (Å²) in [5.41, 5.74) is 3.95. The van der Waals surface area contributed by atoms with E-state index < -0.39 is 0 Å². The Kier molecular flexibility index (Phi) is 6.47. The minimum absolute atomic E-state index is 0.191. The molecule has 0 bridgehead atoms. The molecule has 0 radical (unpaired) electrons. The molecule has 0 amide bonds. The molecular formula is C14H23ClN2OS. The van der Waals surface area contributed by atoms with E-state index in [0.29, 0.717) is 0 Å². The van der Waals surface area contributed by atoms with Crippen LogP contribution in [0, 0.1) is 0 Å². The molecule has 0 aromatic heterocycles. The summed E-state index contributed by atoms with van der Waals surface area (Å²) in [5.74, 6) is 7.43. The first-order chi connectivity index (χ1) is 8.85. The number of nitrogens with one attached hydrogen (secondary N) is 1. The molecule has 0 heterocycles. The van der Waals surface area contributed by atoms with Gasteiger partial charge in [-0.05, 0) is 30.2 Å². The molecule has 0 aliphatic carbocycles. The molecule has 0 spiro atoms. The molecule has 1 aromatic carbocycles. The van der Waals surface area contributed by atoms with Crippen LogP contribution in [0.4, 0.5) is 0 Å². The van der Waals surface area contributed by atoms with Gasteiger partial charge in [0.05, 0.1) is 7.11 Å². The molecule has 1 unspecified atom stereocenters. The normalized spacial score (nSPS) is 13.4. The Bertz CT molecular complexity index is 407. The van der Waals surface area contributed by atoms with Crippen LogP contribution < -0.4 is 16.0 Å². The minimum atomic E-state index is 0.191.